The standard InChI is InChI=1S/C13H22O/c1-4-5-11(3)13(14)12-8-6-10(2)7-9-12/h8,10-11H,4-7,9H2,1-3H3. The van der Waals surface area contributed by atoms with E-state index in [1.807, 2.05) is 0 Å². The molecule has 0 saturated carbocycles. The van der Waals surface area contributed by atoms with Crippen LogP contribution in [-0.2, 0) is 4.79 Å². The third-order valence-corrected chi connectivity index (χ3v) is 3.16. The topological polar surface area (TPSA) is 17.1 Å². The molecule has 0 bridgehead atoms. The first kappa shape index (κ1) is 11.5. The molecule has 0 aromatic rings. The van der Waals surface area contributed by atoms with Crippen molar-refractivity contribution < 1.29 is 4.79 Å². The molecule has 0 heterocycles. The van der Waals surface area contributed by atoms with Gasteiger partial charge in [0.1, 0.15) is 0 Å². The Hall–Kier alpha value is -0.590. The molecule has 1 nitrogen and oxygen atoms in total. The summed E-state index contributed by atoms with van der Waals surface area (Å²) >= 11 is 0. The summed E-state index contributed by atoms with van der Waals surface area (Å²) in [6.07, 6.45) is 7.61. The van der Waals surface area contributed by atoms with Crippen LogP contribution in [0.2, 0.25) is 0 Å². The quantitative estimate of drug-likeness (QED) is 0.666. The highest BCUT2D eigenvalue weighted by Gasteiger charge is 2.19. The maximum Gasteiger partial charge on any atom is 0.161 e. The number of rotatable bonds is 4. The zero-order valence-electron chi connectivity index (χ0n) is 9.68. The third kappa shape index (κ3) is 2.97. The van der Waals surface area contributed by atoms with Gasteiger partial charge in [-0.25, -0.2) is 0 Å². The summed E-state index contributed by atoms with van der Waals surface area (Å²) in [5, 5.41) is 0. The van der Waals surface area contributed by atoms with E-state index in [1.54, 1.807) is 0 Å². The van der Waals surface area contributed by atoms with Crippen LogP contribution in [0.25, 0.3) is 0 Å². The van der Waals surface area contributed by atoms with Crippen LogP contribution >= 0.6 is 0 Å². The lowest BCUT2D eigenvalue weighted by Gasteiger charge is -2.19. The van der Waals surface area contributed by atoms with Crippen molar-refractivity contribution in [3.63, 3.8) is 0 Å². The number of ketones is 1. The minimum absolute atomic E-state index is 0.236. The molecule has 0 spiro atoms. The van der Waals surface area contributed by atoms with Gasteiger partial charge in [-0.05, 0) is 37.2 Å². The van der Waals surface area contributed by atoms with Crippen molar-refractivity contribution in [3.8, 4) is 0 Å². The number of hydrogen-bond donors (Lipinski definition) is 0. The number of carbonyl (C=O) groups excluding carboxylic acids is 1. The van der Waals surface area contributed by atoms with Crippen molar-refractivity contribution in [2.24, 2.45) is 11.8 Å². The summed E-state index contributed by atoms with van der Waals surface area (Å²) in [4.78, 5) is 11.9. The number of carbonyl (C=O) groups is 1. The molecule has 1 heteroatoms. The van der Waals surface area contributed by atoms with Crippen LogP contribution in [0.4, 0.5) is 0 Å². The lowest BCUT2D eigenvalue weighted by Crippen LogP contribution is -2.16. The van der Waals surface area contributed by atoms with Crippen LogP contribution in [0.3, 0.4) is 0 Å². The molecule has 1 aliphatic rings. The summed E-state index contributed by atoms with van der Waals surface area (Å²) in [5.74, 6) is 1.41. The Labute approximate surface area is 87.6 Å². The van der Waals surface area contributed by atoms with Gasteiger partial charge in [-0.3, -0.25) is 4.79 Å². The molecule has 2 atom stereocenters. The van der Waals surface area contributed by atoms with Gasteiger partial charge in [0, 0.05) is 5.92 Å². The van der Waals surface area contributed by atoms with Gasteiger partial charge in [-0.15, -0.1) is 0 Å². The summed E-state index contributed by atoms with van der Waals surface area (Å²) < 4.78 is 0. The van der Waals surface area contributed by atoms with Gasteiger partial charge >= 0.3 is 0 Å². The molecule has 80 valence electrons. The fourth-order valence-electron chi connectivity index (χ4n) is 2.07. The Bertz CT molecular complexity index is 227. The smallest absolute Gasteiger partial charge is 0.161 e. The van der Waals surface area contributed by atoms with Gasteiger partial charge in [-0.1, -0.05) is 33.3 Å². The summed E-state index contributed by atoms with van der Waals surface area (Å²) in [5.41, 5.74) is 1.10. The number of allylic oxidation sites excluding steroid dienone is 2. The first-order chi connectivity index (χ1) is 6.65. The summed E-state index contributed by atoms with van der Waals surface area (Å²) in [6, 6.07) is 0. The van der Waals surface area contributed by atoms with Gasteiger partial charge in [0.2, 0.25) is 0 Å². The SMILES string of the molecule is CCCC(C)C(=O)C1=CCC(C)CC1. The van der Waals surface area contributed by atoms with E-state index < -0.39 is 0 Å². The van der Waals surface area contributed by atoms with E-state index in [1.165, 1.54) is 6.42 Å². The predicted octanol–water partition coefficient (Wildman–Crippen LogP) is 3.74. The number of Topliss-reactive ketones (excluding diaryl/α,β-unsaturated/α-hetero) is 1. The molecule has 14 heavy (non-hydrogen) atoms. The molecule has 0 amide bonds. The van der Waals surface area contributed by atoms with E-state index in [9.17, 15) is 4.79 Å². The molecule has 2 unspecified atom stereocenters. The van der Waals surface area contributed by atoms with Gasteiger partial charge in [0.05, 0.1) is 0 Å². The minimum atomic E-state index is 0.236. The monoisotopic (exact) mass is 194 g/mol. The fourth-order valence-corrected chi connectivity index (χ4v) is 2.07. The van der Waals surface area contributed by atoms with E-state index in [2.05, 4.69) is 26.8 Å². The van der Waals surface area contributed by atoms with Crippen LogP contribution < -0.4 is 0 Å². The van der Waals surface area contributed by atoms with Crippen molar-refractivity contribution in [1.29, 1.82) is 0 Å². The lowest BCUT2D eigenvalue weighted by atomic mass is 9.85. The zero-order valence-corrected chi connectivity index (χ0v) is 9.68. The van der Waals surface area contributed by atoms with Crippen LogP contribution in [-0.4, -0.2) is 5.78 Å². The largest absolute Gasteiger partial charge is 0.294 e. The normalized spacial score (nSPS) is 24.2. The molecule has 0 radical (unpaired) electrons. The van der Waals surface area contributed by atoms with Crippen molar-refractivity contribution >= 4 is 5.78 Å². The minimum Gasteiger partial charge on any atom is -0.294 e. The second-order valence-electron chi connectivity index (χ2n) is 4.66. The van der Waals surface area contributed by atoms with E-state index in [-0.39, 0.29) is 5.92 Å². The van der Waals surface area contributed by atoms with Gasteiger partial charge < -0.3 is 0 Å². The van der Waals surface area contributed by atoms with Crippen molar-refractivity contribution in [3.05, 3.63) is 11.6 Å². The first-order valence-corrected chi connectivity index (χ1v) is 5.88. The third-order valence-electron chi connectivity index (χ3n) is 3.16. The Morgan fingerprint density at radius 3 is 2.86 bits per heavy atom. The van der Waals surface area contributed by atoms with E-state index >= 15 is 0 Å². The Kier molecular flexibility index (Phi) is 4.37. The highest BCUT2D eigenvalue weighted by molar-refractivity contribution is 5.96. The van der Waals surface area contributed by atoms with Crippen LogP contribution in [0, 0.1) is 11.8 Å². The maximum atomic E-state index is 11.9. The molecule has 0 aliphatic heterocycles. The average Bonchev–Trinajstić information content (AvgIpc) is 2.18. The van der Waals surface area contributed by atoms with Gasteiger partial charge in [0.25, 0.3) is 0 Å². The number of hydrogen-bond acceptors (Lipinski definition) is 1. The van der Waals surface area contributed by atoms with Crippen molar-refractivity contribution in [1.82, 2.24) is 0 Å². The van der Waals surface area contributed by atoms with Gasteiger partial charge in [-0.2, -0.15) is 0 Å². The van der Waals surface area contributed by atoms with E-state index in [0.717, 1.165) is 37.2 Å². The summed E-state index contributed by atoms with van der Waals surface area (Å²) in [6.45, 7) is 6.46. The van der Waals surface area contributed by atoms with E-state index in [0.29, 0.717) is 5.78 Å². The molecule has 1 rings (SSSR count). The second kappa shape index (κ2) is 5.33. The molecule has 0 saturated heterocycles. The average molecular weight is 194 g/mol. The second-order valence-corrected chi connectivity index (χ2v) is 4.66. The maximum absolute atomic E-state index is 11.9. The Morgan fingerprint density at radius 1 is 1.64 bits per heavy atom. The highest BCUT2D eigenvalue weighted by atomic mass is 16.1. The molecule has 0 aromatic heterocycles. The molecule has 0 N–H and O–H groups in total. The van der Waals surface area contributed by atoms with Gasteiger partial charge in [0.15, 0.2) is 5.78 Å². The Morgan fingerprint density at radius 2 is 2.36 bits per heavy atom. The van der Waals surface area contributed by atoms with E-state index in [4.69, 9.17) is 0 Å². The van der Waals surface area contributed by atoms with Crippen LogP contribution in [0.1, 0.15) is 52.9 Å². The molecular weight excluding hydrogens is 172 g/mol. The fraction of sp³-hybridized carbons (Fsp3) is 0.769. The zero-order chi connectivity index (χ0) is 10.6. The lowest BCUT2D eigenvalue weighted by molar-refractivity contribution is -0.119. The van der Waals surface area contributed by atoms with Crippen LogP contribution in [0.15, 0.2) is 11.6 Å². The Balaban J connectivity index is 2.52. The predicted molar refractivity (Wildman–Crippen MR) is 60.2 cm³/mol. The van der Waals surface area contributed by atoms with Crippen molar-refractivity contribution in [2.45, 2.75) is 52.9 Å². The van der Waals surface area contributed by atoms with Crippen LogP contribution in [0.5, 0.6) is 0 Å². The first-order valence-electron chi connectivity index (χ1n) is 5.88. The highest BCUT2D eigenvalue weighted by Crippen LogP contribution is 2.26. The molecular formula is C13H22O. The molecule has 0 fully saturated rings. The molecule has 1 aliphatic carbocycles. The van der Waals surface area contributed by atoms with Crippen molar-refractivity contribution in [2.75, 3.05) is 0 Å². The summed E-state index contributed by atoms with van der Waals surface area (Å²) in [7, 11) is 0. The molecule has 0 aromatic carbocycles.